The minimum atomic E-state index is -0.252. The van der Waals surface area contributed by atoms with Gasteiger partial charge < -0.3 is 10.6 Å². The molecule has 5 heteroatoms. The van der Waals surface area contributed by atoms with Gasteiger partial charge in [-0.2, -0.15) is 0 Å². The van der Waals surface area contributed by atoms with Crippen LogP contribution in [0.2, 0.25) is 0 Å². The van der Waals surface area contributed by atoms with Crippen LogP contribution in [0.5, 0.6) is 0 Å². The van der Waals surface area contributed by atoms with Crippen LogP contribution in [0.25, 0.3) is 0 Å². The SMILES string of the molecule is CC(CC(=O)N1CCCCC1C(C)N)c1cccc(F)c1.Cl. The second kappa shape index (κ2) is 8.49. The van der Waals surface area contributed by atoms with E-state index in [1.165, 1.54) is 12.1 Å². The van der Waals surface area contributed by atoms with Crippen LogP contribution in [-0.4, -0.2) is 29.4 Å². The lowest BCUT2D eigenvalue weighted by molar-refractivity contribution is -0.135. The van der Waals surface area contributed by atoms with Crippen LogP contribution in [-0.2, 0) is 4.79 Å². The van der Waals surface area contributed by atoms with Crippen LogP contribution in [0.15, 0.2) is 24.3 Å². The van der Waals surface area contributed by atoms with E-state index in [1.807, 2.05) is 24.8 Å². The van der Waals surface area contributed by atoms with Crippen molar-refractivity contribution in [2.75, 3.05) is 6.54 Å². The molecule has 2 rings (SSSR count). The van der Waals surface area contributed by atoms with Gasteiger partial charge in [-0.15, -0.1) is 12.4 Å². The van der Waals surface area contributed by atoms with Crippen LogP contribution < -0.4 is 5.73 Å². The maximum atomic E-state index is 13.3. The first-order valence-corrected chi connectivity index (χ1v) is 7.79. The summed E-state index contributed by atoms with van der Waals surface area (Å²) in [4.78, 5) is 14.5. The number of nitrogens with zero attached hydrogens (tertiary/aromatic N) is 1. The lowest BCUT2D eigenvalue weighted by Crippen LogP contribution is -2.51. The molecule has 0 spiro atoms. The maximum Gasteiger partial charge on any atom is 0.223 e. The van der Waals surface area contributed by atoms with Crippen molar-refractivity contribution in [3.63, 3.8) is 0 Å². The van der Waals surface area contributed by atoms with Gasteiger partial charge in [0, 0.05) is 25.0 Å². The molecule has 1 aromatic rings. The van der Waals surface area contributed by atoms with E-state index in [9.17, 15) is 9.18 Å². The predicted molar refractivity (Wildman–Crippen MR) is 89.7 cm³/mol. The second-order valence-corrected chi connectivity index (χ2v) is 6.17. The van der Waals surface area contributed by atoms with Gasteiger partial charge in [-0.25, -0.2) is 4.39 Å². The number of hydrogen-bond donors (Lipinski definition) is 1. The van der Waals surface area contributed by atoms with Gasteiger partial charge in [0.15, 0.2) is 0 Å². The van der Waals surface area contributed by atoms with Gasteiger partial charge in [-0.05, 0) is 49.8 Å². The number of carbonyl (C=O) groups is 1. The highest BCUT2D eigenvalue weighted by Gasteiger charge is 2.29. The summed E-state index contributed by atoms with van der Waals surface area (Å²) in [5.41, 5.74) is 6.89. The van der Waals surface area contributed by atoms with Gasteiger partial charge >= 0.3 is 0 Å². The standard InChI is InChI=1S/C17H25FN2O.ClH/c1-12(14-6-5-7-15(18)11-14)10-17(21)20-9-4-3-8-16(20)13(2)19;/h5-7,11-13,16H,3-4,8-10,19H2,1-2H3;1H. The van der Waals surface area contributed by atoms with Gasteiger partial charge in [-0.3, -0.25) is 4.79 Å². The summed E-state index contributed by atoms with van der Waals surface area (Å²) < 4.78 is 13.3. The maximum absolute atomic E-state index is 13.3. The molecular formula is C17H26ClFN2O. The van der Waals surface area contributed by atoms with Crippen molar-refractivity contribution in [2.45, 2.75) is 57.5 Å². The van der Waals surface area contributed by atoms with E-state index >= 15 is 0 Å². The number of carbonyl (C=O) groups excluding carboxylic acids is 1. The van der Waals surface area contributed by atoms with Crippen LogP contribution in [0.3, 0.4) is 0 Å². The fraction of sp³-hybridized carbons (Fsp3) is 0.588. The molecule has 3 unspecified atom stereocenters. The summed E-state index contributed by atoms with van der Waals surface area (Å²) in [6.07, 6.45) is 3.57. The summed E-state index contributed by atoms with van der Waals surface area (Å²) in [6, 6.07) is 6.65. The van der Waals surface area contributed by atoms with E-state index in [-0.39, 0.29) is 42.1 Å². The Balaban J connectivity index is 0.00000242. The Morgan fingerprint density at radius 1 is 1.41 bits per heavy atom. The molecule has 0 bridgehead atoms. The lowest BCUT2D eigenvalue weighted by atomic mass is 9.93. The summed E-state index contributed by atoms with van der Waals surface area (Å²) in [5, 5.41) is 0. The normalized spacial score (nSPS) is 20.9. The fourth-order valence-electron chi connectivity index (χ4n) is 3.12. The molecule has 1 aromatic carbocycles. The molecule has 1 aliphatic rings. The zero-order valence-corrected chi connectivity index (χ0v) is 14.1. The third-order valence-corrected chi connectivity index (χ3v) is 4.38. The van der Waals surface area contributed by atoms with E-state index in [0.29, 0.717) is 6.42 Å². The van der Waals surface area contributed by atoms with Crippen molar-refractivity contribution in [1.29, 1.82) is 0 Å². The van der Waals surface area contributed by atoms with Crippen molar-refractivity contribution in [3.8, 4) is 0 Å². The van der Waals surface area contributed by atoms with Crippen molar-refractivity contribution in [1.82, 2.24) is 4.90 Å². The molecule has 1 heterocycles. The van der Waals surface area contributed by atoms with Crippen LogP contribution in [0, 0.1) is 5.82 Å². The van der Waals surface area contributed by atoms with E-state index in [0.717, 1.165) is 31.4 Å². The molecule has 1 aliphatic heterocycles. The first kappa shape index (κ1) is 18.9. The van der Waals surface area contributed by atoms with E-state index in [1.54, 1.807) is 6.07 Å². The third kappa shape index (κ3) is 4.68. The van der Waals surface area contributed by atoms with Crippen molar-refractivity contribution < 1.29 is 9.18 Å². The molecule has 0 aliphatic carbocycles. The Morgan fingerprint density at radius 2 is 2.14 bits per heavy atom. The van der Waals surface area contributed by atoms with Crippen molar-refractivity contribution in [2.24, 2.45) is 5.73 Å². The Labute approximate surface area is 138 Å². The highest BCUT2D eigenvalue weighted by Crippen LogP contribution is 2.25. The molecule has 1 saturated heterocycles. The average Bonchev–Trinajstić information content (AvgIpc) is 2.47. The summed E-state index contributed by atoms with van der Waals surface area (Å²) >= 11 is 0. The van der Waals surface area contributed by atoms with Crippen LogP contribution in [0.1, 0.15) is 51.0 Å². The van der Waals surface area contributed by atoms with E-state index in [2.05, 4.69) is 0 Å². The number of benzene rings is 1. The Hall–Kier alpha value is -1.13. The average molecular weight is 329 g/mol. The number of nitrogens with two attached hydrogens (primary N) is 1. The highest BCUT2D eigenvalue weighted by atomic mass is 35.5. The fourth-order valence-corrected chi connectivity index (χ4v) is 3.12. The van der Waals surface area contributed by atoms with Crippen LogP contribution in [0.4, 0.5) is 4.39 Å². The number of halogens is 2. The van der Waals surface area contributed by atoms with Crippen molar-refractivity contribution in [3.05, 3.63) is 35.6 Å². The Morgan fingerprint density at radius 3 is 2.77 bits per heavy atom. The van der Waals surface area contributed by atoms with Gasteiger partial charge in [0.05, 0.1) is 0 Å². The molecule has 0 radical (unpaired) electrons. The molecule has 3 nitrogen and oxygen atoms in total. The summed E-state index contributed by atoms with van der Waals surface area (Å²) in [5.74, 6) is -0.101. The minimum Gasteiger partial charge on any atom is -0.338 e. The van der Waals surface area contributed by atoms with Gasteiger partial charge in [0.1, 0.15) is 5.82 Å². The molecule has 1 amide bonds. The quantitative estimate of drug-likeness (QED) is 0.920. The number of likely N-dealkylation sites (tertiary alicyclic amines) is 1. The number of amides is 1. The molecular weight excluding hydrogens is 303 g/mol. The molecule has 0 aromatic heterocycles. The molecule has 1 fully saturated rings. The Kier molecular flexibility index (Phi) is 7.30. The molecule has 124 valence electrons. The van der Waals surface area contributed by atoms with Gasteiger partial charge in [0.25, 0.3) is 0 Å². The third-order valence-electron chi connectivity index (χ3n) is 4.38. The molecule has 2 N–H and O–H groups in total. The monoisotopic (exact) mass is 328 g/mol. The number of piperidine rings is 1. The first-order valence-electron chi connectivity index (χ1n) is 7.79. The number of rotatable bonds is 4. The topological polar surface area (TPSA) is 46.3 Å². The predicted octanol–water partition coefficient (Wildman–Crippen LogP) is 3.47. The Bertz CT molecular complexity index is 495. The number of hydrogen-bond acceptors (Lipinski definition) is 2. The highest BCUT2D eigenvalue weighted by molar-refractivity contribution is 5.85. The summed E-state index contributed by atoms with van der Waals surface area (Å²) in [7, 11) is 0. The second-order valence-electron chi connectivity index (χ2n) is 6.17. The van der Waals surface area contributed by atoms with E-state index < -0.39 is 0 Å². The molecule has 3 atom stereocenters. The van der Waals surface area contributed by atoms with Gasteiger partial charge in [-0.1, -0.05) is 19.1 Å². The minimum absolute atomic E-state index is 0. The smallest absolute Gasteiger partial charge is 0.223 e. The lowest BCUT2D eigenvalue weighted by Gasteiger charge is -2.38. The zero-order chi connectivity index (χ0) is 15.4. The summed E-state index contributed by atoms with van der Waals surface area (Å²) in [6.45, 7) is 4.73. The zero-order valence-electron chi connectivity index (χ0n) is 13.3. The molecule has 22 heavy (non-hydrogen) atoms. The van der Waals surface area contributed by atoms with E-state index in [4.69, 9.17) is 5.73 Å². The van der Waals surface area contributed by atoms with Gasteiger partial charge in [0.2, 0.25) is 5.91 Å². The first-order chi connectivity index (χ1) is 9.99. The van der Waals surface area contributed by atoms with Crippen molar-refractivity contribution >= 4 is 18.3 Å². The molecule has 0 saturated carbocycles. The largest absolute Gasteiger partial charge is 0.338 e. The van der Waals surface area contributed by atoms with Crippen LogP contribution >= 0.6 is 12.4 Å².